The molecule has 0 bridgehead atoms. The number of piperazine rings is 1. The molecule has 2 aromatic carbocycles. The Morgan fingerprint density at radius 1 is 0.889 bits per heavy atom. The van der Waals surface area contributed by atoms with Gasteiger partial charge in [-0.3, -0.25) is 29.5 Å². The molecule has 0 unspecified atom stereocenters. The average Bonchev–Trinajstić information content (AvgIpc) is 3.46. The molecule has 0 saturated carbocycles. The van der Waals surface area contributed by atoms with E-state index in [0.717, 1.165) is 41.6 Å². The maximum Gasteiger partial charge on any atom is 0.417 e. The van der Waals surface area contributed by atoms with E-state index in [-0.39, 0.29) is 57.7 Å². The third-order valence-electron chi connectivity index (χ3n) is 9.32. The first kappa shape index (κ1) is 37.9. The number of urea groups is 1. The quantitative estimate of drug-likeness (QED) is 0.230. The molecule has 54 heavy (non-hydrogen) atoms. The molecule has 3 saturated heterocycles. The van der Waals surface area contributed by atoms with Crippen LogP contribution >= 0.6 is 0 Å². The van der Waals surface area contributed by atoms with Crippen LogP contribution in [0.1, 0.15) is 40.7 Å². The summed E-state index contributed by atoms with van der Waals surface area (Å²) in [6.45, 7) is 0.161. The Labute approximate surface area is 303 Å². The van der Waals surface area contributed by atoms with Crippen molar-refractivity contribution in [3.63, 3.8) is 0 Å². The predicted octanol–water partition coefficient (Wildman–Crippen LogP) is 4.06. The van der Waals surface area contributed by atoms with Crippen LogP contribution in [0.15, 0.2) is 67.0 Å². The van der Waals surface area contributed by atoms with Crippen molar-refractivity contribution in [3.8, 4) is 5.75 Å². The van der Waals surface area contributed by atoms with E-state index >= 15 is 0 Å². The van der Waals surface area contributed by atoms with E-state index in [1.165, 1.54) is 4.90 Å². The van der Waals surface area contributed by atoms with Gasteiger partial charge in [-0.15, -0.1) is 0 Å². The summed E-state index contributed by atoms with van der Waals surface area (Å²) in [5.41, 5.74) is -3.76. The minimum atomic E-state index is -4.88. The van der Waals surface area contributed by atoms with Gasteiger partial charge in [0.15, 0.2) is 0 Å². The van der Waals surface area contributed by atoms with Crippen LogP contribution in [-0.2, 0) is 26.7 Å². The maximum atomic E-state index is 14.5. The van der Waals surface area contributed by atoms with Crippen molar-refractivity contribution in [2.24, 2.45) is 0 Å². The van der Waals surface area contributed by atoms with Crippen LogP contribution in [0.25, 0.3) is 0 Å². The van der Waals surface area contributed by atoms with Crippen LogP contribution in [0.2, 0.25) is 0 Å². The monoisotopic (exact) mass is 761 g/mol. The molecule has 3 aliphatic rings. The molecular weight excluding hydrogens is 728 g/mol. The van der Waals surface area contributed by atoms with Crippen LogP contribution in [0.3, 0.4) is 0 Å². The smallest absolute Gasteiger partial charge is 0.417 e. The molecule has 6 rings (SSSR count). The Morgan fingerprint density at radius 3 is 2.24 bits per heavy atom. The first-order valence-corrected chi connectivity index (χ1v) is 16.8. The number of hydrogen-bond acceptors (Lipinski definition) is 8. The van der Waals surface area contributed by atoms with E-state index in [2.05, 4.69) is 20.9 Å². The lowest BCUT2D eigenvalue weighted by atomic mass is 9.89. The second kappa shape index (κ2) is 14.9. The van der Waals surface area contributed by atoms with Crippen LogP contribution in [-0.4, -0.2) is 95.4 Å². The zero-order valence-corrected chi connectivity index (χ0v) is 28.3. The standard InChI is InChI=1S/C35H33F6N7O6/c36-34(37,38)21-6-8-22(9-7-21)54-33(11-3-13-48(20-33)30(51)23-19-42-12-10-24(23)35(39,40)41)31(52)47-16-14-46(15-17-47)27-5-2-1-4-25(27)43-28(49)18-26-29(50)45-32(53)44-26/h1-2,4-10,12,19,26H,3,11,13-18,20H2,(H,43,49)(H2,44,45,50,53)/t26-,33-/m0/s1. The minimum Gasteiger partial charge on any atom is -0.476 e. The van der Waals surface area contributed by atoms with Crippen molar-refractivity contribution in [2.45, 2.75) is 43.3 Å². The zero-order chi connectivity index (χ0) is 38.8. The SMILES string of the molecule is O=C(C[C@@H]1NC(=O)NC1=O)Nc1ccccc1N1CCN(C(=O)[C@]2(Oc3ccc(C(F)(F)F)cc3)CCCN(C(=O)c3cnccc3C(F)(F)F)C2)CC1. The number of hydrogen-bond donors (Lipinski definition) is 3. The van der Waals surface area contributed by atoms with Gasteiger partial charge in [0, 0.05) is 45.1 Å². The first-order chi connectivity index (χ1) is 25.5. The van der Waals surface area contributed by atoms with Gasteiger partial charge >= 0.3 is 18.4 Å². The summed E-state index contributed by atoms with van der Waals surface area (Å²) >= 11 is 0. The van der Waals surface area contributed by atoms with Gasteiger partial charge in [0.1, 0.15) is 11.8 Å². The fourth-order valence-corrected chi connectivity index (χ4v) is 6.70. The number of piperidine rings is 1. The average molecular weight is 762 g/mol. The molecule has 13 nitrogen and oxygen atoms in total. The lowest BCUT2D eigenvalue weighted by molar-refractivity contribution is -0.153. The number of nitrogens with zero attached hydrogens (tertiary/aromatic N) is 4. The van der Waals surface area contributed by atoms with E-state index in [1.807, 2.05) is 4.90 Å². The van der Waals surface area contributed by atoms with Crippen molar-refractivity contribution in [1.82, 2.24) is 25.4 Å². The van der Waals surface area contributed by atoms with Crippen molar-refractivity contribution < 1.29 is 55.1 Å². The van der Waals surface area contributed by atoms with Gasteiger partial charge in [0.05, 0.1) is 41.0 Å². The number of alkyl halides is 6. The summed E-state index contributed by atoms with van der Waals surface area (Å²) in [5, 5.41) is 7.17. The van der Waals surface area contributed by atoms with Gasteiger partial charge in [-0.25, -0.2) is 4.79 Å². The fraction of sp³-hybridized carbons (Fsp3) is 0.371. The van der Waals surface area contributed by atoms with Gasteiger partial charge in [0.2, 0.25) is 11.5 Å². The number of imide groups is 1. The molecule has 286 valence electrons. The number of amides is 6. The maximum absolute atomic E-state index is 14.5. The number of anilines is 2. The van der Waals surface area contributed by atoms with Crippen molar-refractivity contribution in [1.29, 1.82) is 0 Å². The van der Waals surface area contributed by atoms with E-state index in [4.69, 9.17) is 4.74 Å². The third-order valence-corrected chi connectivity index (χ3v) is 9.32. The number of benzene rings is 2. The Bertz CT molecular complexity index is 1930. The lowest BCUT2D eigenvalue weighted by Crippen LogP contribution is -2.64. The van der Waals surface area contributed by atoms with Gasteiger partial charge in [-0.05, 0) is 55.3 Å². The topological polar surface area (TPSA) is 153 Å². The predicted molar refractivity (Wildman–Crippen MR) is 178 cm³/mol. The van der Waals surface area contributed by atoms with Crippen molar-refractivity contribution in [2.75, 3.05) is 49.5 Å². The summed E-state index contributed by atoms with van der Waals surface area (Å²) in [4.78, 5) is 72.3. The van der Waals surface area contributed by atoms with Crippen molar-refractivity contribution in [3.05, 3.63) is 83.7 Å². The van der Waals surface area contributed by atoms with Gasteiger partial charge in [-0.2, -0.15) is 26.3 Å². The molecule has 19 heteroatoms. The zero-order valence-electron chi connectivity index (χ0n) is 28.3. The highest BCUT2D eigenvalue weighted by atomic mass is 19.4. The molecule has 0 radical (unpaired) electrons. The molecule has 0 aliphatic carbocycles. The highest BCUT2D eigenvalue weighted by Gasteiger charge is 2.49. The van der Waals surface area contributed by atoms with Gasteiger partial charge in [0.25, 0.3) is 17.7 Å². The molecular formula is C35H33F6N7O6. The molecule has 3 aliphatic heterocycles. The minimum absolute atomic E-state index is 0.00432. The summed E-state index contributed by atoms with van der Waals surface area (Å²) in [6, 6.07) is 9.38. The van der Waals surface area contributed by atoms with E-state index in [1.54, 1.807) is 24.3 Å². The fourth-order valence-electron chi connectivity index (χ4n) is 6.70. The Hall–Kier alpha value is -5.88. The van der Waals surface area contributed by atoms with Crippen LogP contribution in [0.4, 0.5) is 42.5 Å². The normalized spacial score (nSPS) is 20.6. The van der Waals surface area contributed by atoms with E-state index in [0.29, 0.717) is 17.4 Å². The number of carbonyl (C=O) groups is 5. The van der Waals surface area contributed by atoms with Gasteiger partial charge in [-0.1, -0.05) is 12.1 Å². The lowest BCUT2D eigenvalue weighted by Gasteiger charge is -2.46. The molecule has 3 N–H and O–H groups in total. The molecule has 4 heterocycles. The van der Waals surface area contributed by atoms with Crippen LogP contribution < -0.4 is 25.6 Å². The third kappa shape index (κ3) is 8.18. The number of carbonyl (C=O) groups excluding carboxylic acids is 5. The number of aromatic nitrogens is 1. The number of halogens is 6. The molecule has 0 spiro atoms. The number of para-hydroxylation sites is 2. The number of likely N-dealkylation sites (tertiary alicyclic amines) is 1. The summed E-state index contributed by atoms with van der Waals surface area (Å²) < 4.78 is 87.6. The molecule has 2 atom stereocenters. The number of pyridine rings is 1. The number of rotatable bonds is 8. The first-order valence-electron chi connectivity index (χ1n) is 16.8. The summed E-state index contributed by atoms with van der Waals surface area (Å²) in [6.07, 6.45) is -8.01. The molecule has 6 amide bonds. The molecule has 3 fully saturated rings. The van der Waals surface area contributed by atoms with Crippen LogP contribution in [0.5, 0.6) is 5.75 Å². The second-order valence-electron chi connectivity index (χ2n) is 12.9. The van der Waals surface area contributed by atoms with Crippen molar-refractivity contribution >= 4 is 41.0 Å². The molecule has 3 aromatic rings. The highest BCUT2D eigenvalue weighted by Crippen LogP contribution is 2.37. The number of nitrogens with one attached hydrogen (secondary N) is 3. The van der Waals surface area contributed by atoms with Gasteiger partial charge < -0.3 is 30.1 Å². The highest BCUT2D eigenvalue weighted by molar-refractivity contribution is 6.07. The van der Waals surface area contributed by atoms with E-state index in [9.17, 15) is 50.3 Å². The molecule has 1 aromatic heterocycles. The van der Waals surface area contributed by atoms with Crippen LogP contribution in [0, 0.1) is 0 Å². The second-order valence-corrected chi connectivity index (χ2v) is 12.9. The Kier molecular flexibility index (Phi) is 10.4. The largest absolute Gasteiger partial charge is 0.476 e. The summed E-state index contributed by atoms with van der Waals surface area (Å²) in [7, 11) is 0. The van der Waals surface area contributed by atoms with E-state index < -0.39 is 76.9 Å². The number of ether oxygens (including phenoxy) is 1. The Balaban J connectivity index is 1.21. The summed E-state index contributed by atoms with van der Waals surface area (Å²) in [5.74, 6) is -2.92. The Morgan fingerprint density at radius 2 is 1.59 bits per heavy atom.